The van der Waals surface area contributed by atoms with E-state index in [-0.39, 0.29) is 5.57 Å². The van der Waals surface area contributed by atoms with Gasteiger partial charge in [0, 0.05) is 0 Å². The number of benzene rings is 2. The summed E-state index contributed by atoms with van der Waals surface area (Å²) in [4.78, 5) is 38.9. The largest absolute Gasteiger partial charge is 0.503 e. The highest BCUT2D eigenvalue weighted by molar-refractivity contribution is 7.22. The van der Waals surface area contributed by atoms with E-state index in [0.29, 0.717) is 51.9 Å². The van der Waals surface area contributed by atoms with Crippen LogP contribution in [0.3, 0.4) is 0 Å². The van der Waals surface area contributed by atoms with Crippen LogP contribution in [0.15, 0.2) is 41.7 Å². The van der Waals surface area contributed by atoms with Gasteiger partial charge >= 0.3 is 0 Å². The number of aryl methyl sites for hydroxylation is 4. The van der Waals surface area contributed by atoms with Gasteiger partial charge in [-0.2, -0.15) is 0 Å². The van der Waals surface area contributed by atoms with Crippen LogP contribution in [0.4, 0.5) is 5.13 Å². The van der Waals surface area contributed by atoms with Crippen LogP contribution >= 0.6 is 22.7 Å². The molecule has 0 aliphatic carbocycles. The third kappa shape index (κ3) is 5.53. The summed E-state index contributed by atoms with van der Waals surface area (Å²) in [6.45, 7) is 14.7. The number of fused-ring (bicyclic) bond motifs is 1. The minimum atomic E-state index is -0.933. The Morgan fingerprint density at radius 1 is 1.05 bits per heavy atom. The number of ketones is 1. The lowest BCUT2D eigenvalue weighted by molar-refractivity contribution is -0.117. The van der Waals surface area contributed by atoms with E-state index in [9.17, 15) is 14.7 Å². The van der Waals surface area contributed by atoms with Crippen LogP contribution in [0.5, 0.6) is 11.5 Å². The van der Waals surface area contributed by atoms with E-state index in [1.807, 2.05) is 45.9 Å². The highest BCUT2D eigenvalue weighted by Crippen LogP contribution is 2.46. The summed E-state index contributed by atoms with van der Waals surface area (Å²) >= 11 is 2.60. The van der Waals surface area contributed by atoms with Gasteiger partial charge in [0.2, 0.25) is 5.78 Å². The topological polar surface area (TPSA) is 102 Å². The highest BCUT2D eigenvalue weighted by Gasteiger charge is 2.47. The molecule has 10 heteroatoms. The van der Waals surface area contributed by atoms with Gasteiger partial charge in [-0.25, -0.2) is 9.97 Å². The van der Waals surface area contributed by atoms with Crippen molar-refractivity contribution >= 4 is 49.7 Å². The quantitative estimate of drug-likeness (QED) is 0.186. The molecule has 2 aromatic heterocycles. The molecule has 8 nitrogen and oxygen atoms in total. The number of aromatic nitrogens is 2. The fraction of sp³-hybridized carbons (Fsp3) is 0.375. The van der Waals surface area contributed by atoms with E-state index in [1.54, 1.807) is 19.1 Å². The van der Waals surface area contributed by atoms with Gasteiger partial charge in [0.15, 0.2) is 22.4 Å². The normalized spacial score (nSPS) is 15.4. The third-order valence-corrected chi connectivity index (χ3v) is 9.20. The Bertz CT molecular complexity index is 1720. The van der Waals surface area contributed by atoms with E-state index in [4.69, 9.17) is 14.5 Å². The molecule has 1 unspecified atom stereocenters. The maximum atomic E-state index is 14.1. The third-order valence-electron chi connectivity index (χ3n) is 7.12. The van der Waals surface area contributed by atoms with Crippen LogP contribution in [-0.4, -0.2) is 40.0 Å². The number of aliphatic hydroxyl groups excluding tert-OH is 1. The molecule has 0 saturated carbocycles. The van der Waals surface area contributed by atoms with E-state index in [2.05, 4.69) is 18.8 Å². The highest BCUT2D eigenvalue weighted by atomic mass is 32.1. The zero-order valence-corrected chi connectivity index (χ0v) is 26.5. The SMILES string of the molecule is CCOc1cc(C2C(C(=O)c3sc(C)nc3C)=C(O)C(=O)N2c2nc3c(C)cc(C)cc3s2)ccc1OCCC(C)C. The zero-order valence-electron chi connectivity index (χ0n) is 24.9. The molecule has 1 aliphatic rings. The fourth-order valence-corrected chi connectivity index (χ4v) is 7.21. The number of aliphatic hydroxyl groups is 1. The number of Topliss-reactive ketones (excluding diaryl/α,β-unsaturated/α-hetero) is 1. The van der Waals surface area contributed by atoms with Gasteiger partial charge in [-0.05, 0) is 81.8 Å². The van der Waals surface area contributed by atoms with Crippen LogP contribution in [0.25, 0.3) is 10.2 Å². The second kappa shape index (κ2) is 11.9. The van der Waals surface area contributed by atoms with Crippen LogP contribution in [0.1, 0.15) is 70.3 Å². The second-order valence-electron chi connectivity index (χ2n) is 10.9. The maximum absolute atomic E-state index is 14.1. The molecule has 2 aromatic carbocycles. The van der Waals surface area contributed by atoms with Crippen molar-refractivity contribution < 1.29 is 24.2 Å². The summed E-state index contributed by atoms with van der Waals surface area (Å²) in [5.41, 5.74) is 4.01. The Balaban J connectivity index is 1.66. The lowest BCUT2D eigenvalue weighted by Gasteiger charge is -2.25. The first-order chi connectivity index (χ1) is 20.0. The van der Waals surface area contributed by atoms with Crippen molar-refractivity contribution in [3.05, 3.63) is 73.9 Å². The Morgan fingerprint density at radius 2 is 1.81 bits per heavy atom. The van der Waals surface area contributed by atoms with Crippen molar-refractivity contribution in [2.75, 3.05) is 18.1 Å². The maximum Gasteiger partial charge on any atom is 0.296 e. The summed E-state index contributed by atoms with van der Waals surface area (Å²) in [7, 11) is 0. The van der Waals surface area contributed by atoms with Crippen LogP contribution in [0, 0.1) is 33.6 Å². The predicted molar refractivity (Wildman–Crippen MR) is 167 cm³/mol. The Morgan fingerprint density at radius 3 is 2.48 bits per heavy atom. The number of hydrogen-bond donors (Lipinski definition) is 1. The summed E-state index contributed by atoms with van der Waals surface area (Å²) in [6.07, 6.45) is 0.887. The molecule has 1 N–H and O–H groups in total. The molecule has 1 amide bonds. The molecular weight excluding hydrogens is 571 g/mol. The van der Waals surface area contributed by atoms with E-state index in [0.717, 1.165) is 32.8 Å². The summed E-state index contributed by atoms with van der Waals surface area (Å²) in [5.74, 6) is -0.119. The van der Waals surface area contributed by atoms with Crippen LogP contribution in [0.2, 0.25) is 0 Å². The number of carbonyl (C=O) groups excluding carboxylic acids is 2. The van der Waals surface area contributed by atoms with Crippen molar-refractivity contribution in [3.63, 3.8) is 0 Å². The number of nitrogens with zero attached hydrogens (tertiary/aromatic N) is 3. The molecule has 5 rings (SSSR count). The molecule has 0 radical (unpaired) electrons. The number of anilines is 1. The molecule has 0 saturated heterocycles. The van der Waals surface area contributed by atoms with Gasteiger partial charge in [0.1, 0.15) is 0 Å². The average molecular weight is 606 g/mol. The first kappa shape index (κ1) is 29.7. The van der Waals surface area contributed by atoms with Crippen molar-refractivity contribution in [1.82, 2.24) is 9.97 Å². The molecule has 0 bridgehead atoms. The van der Waals surface area contributed by atoms with Crippen LogP contribution in [-0.2, 0) is 4.79 Å². The Labute approximate surface area is 253 Å². The van der Waals surface area contributed by atoms with E-state index >= 15 is 0 Å². The monoisotopic (exact) mass is 605 g/mol. The second-order valence-corrected chi connectivity index (χ2v) is 13.1. The van der Waals surface area contributed by atoms with Gasteiger partial charge in [-0.3, -0.25) is 14.5 Å². The Hall–Kier alpha value is -3.76. The minimum absolute atomic E-state index is 0.00478. The summed E-state index contributed by atoms with van der Waals surface area (Å²) in [6, 6.07) is 8.54. The molecule has 3 heterocycles. The van der Waals surface area contributed by atoms with Crippen molar-refractivity contribution in [1.29, 1.82) is 0 Å². The smallest absolute Gasteiger partial charge is 0.296 e. The average Bonchev–Trinajstić information content (AvgIpc) is 3.57. The number of amides is 1. The first-order valence-corrected chi connectivity index (χ1v) is 15.7. The molecular formula is C32H35N3O5S2. The number of hydrogen-bond acceptors (Lipinski definition) is 9. The van der Waals surface area contributed by atoms with Crippen molar-refractivity contribution in [2.24, 2.45) is 5.92 Å². The van der Waals surface area contributed by atoms with Gasteiger partial charge in [-0.15, -0.1) is 11.3 Å². The van der Waals surface area contributed by atoms with Gasteiger partial charge in [0.05, 0.1) is 50.6 Å². The van der Waals surface area contributed by atoms with Crippen molar-refractivity contribution in [3.8, 4) is 11.5 Å². The minimum Gasteiger partial charge on any atom is -0.503 e. The standard InChI is InChI=1S/C32H35N3O5S2/c1-8-39-23-15-21(9-10-22(23)40-12-11-16(2)3)27-25(28(36)30-19(6)33-20(7)41-30)29(37)31(38)35(27)32-34-26-18(5)13-17(4)14-24(26)42-32/h9-10,13-16,27,37H,8,11-12H2,1-7H3. The number of ether oxygens (including phenoxy) is 2. The number of carbonyl (C=O) groups is 2. The molecule has 42 heavy (non-hydrogen) atoms. The molecule has 220 valence electrons. The predicted octanol–water partition coefficient (Wildman–Crippen LogP) is 7.59. The van der Waals surface area contributed by atoms with Gasteiger partial charge in [0.25, 0.3) is 5.91 Å². The number of thiazole rings is 2. The molecule has 4 aromatic rings. The number of rotatable bonds is 10. The van der Waals surface area contributed by atoms with Crippen LogP contribution < -0.4 is 14.4 Å². The molecule has 1 atom stereocenters. The van der Waals surface area contributed by atoms with Gasteiger partial charge < -0.3 is 14.6 Å². The lowest BCUT2D eigenvalue weighted by Crippen LogP contribution is -2.31. The fourth-order valence-electron chi connectivity index (χ4n) is 5.16. The molecule has 0 fully saturated rings. The van der Waals surface area contributed by atoms with E-state index in [1.165, 1.54) is 27.6 Å². The van der Waals surface area contributed by atoms with E-state index < -0.39 is 23.5 Å². The zero-order chi connectivity index (χ0) is 30.3. The summed E-state index contributed by atoms with van der Waals surface area (Å²) < 4.78 is 12.9. The first-order valence-electron chi connectivity index (χ1n) is 14.0. The molecule has 0 spiro atoms. The molecule has 1 aliphatic heterocycles. The lowest BCUT2D eigenvalue weighted by atomic mass is 9.95. The Kier molecular flexibility index (Phi) is 8.39. The van der Waals surface area contributed by atoms with Crippen molar-refractivity contribution in [2.45, 2.75) is 60.9 Å². The summed E-state index contributed by atoms with van der Waals surface area (Å²) in [5, 5.41) is 12.4. The van der Waals surface area contributed by atoms with Gasteiger partial charge in [-0.1, -0.05) is 37.3 Å².